The van der Waals surface area contributed by atoms with Crippen molar-refractivity contribution in [2.45, 2.75) is 12.8 Å². The Balaban J connectivity index is 2.03. The number of pyridine rings is 1. The summed E-state index contributed by atoms with van der Waals surface area (Å²) in [6.45, 7) is 1.65. The molecule has 3 N–H and O–H groups in total. The number of anilines is 1. The SMILES string of the molecule is CNC(=O)C1CCN(c2cc(C(N)=S)ccn2)CC1. The standard InChI is InChI=1S/C13H18N4OS/c1-15-13(18)9-3-6-17(7-4-9)11-8-10(12(14)19)2-5-16-11/h2,5,8-9H,3-4,6-7H2,1H3,(H2,14,19)(H,15,18). The molecule has 1 saturated heterocycles. The van der Waals surface area contributed by atoms with Crippen LogP contribution >= 0.6 is 12.2 Å². The van der Waals surface area contributed by atoms with Gasteiger partial charge in [-0.15, -0.1) is 0 Å². The highest BCUT2D eigenvalue weighted by Gasteiger charge is 2.24. The summed E-state index contributed by atoms with van der Waals surface area (Å²) in [5.74, 6) is 1.12. The number of thiocarbonyl (C=S) groups is 1. The lowest BCUT2D eigenvalue weighted by molar-refractivity contribution is -0.125. The van der Waals surface area contributed by atoms with Gasteiger partial charge in [0.15, 0.2) is 0 Å². The zero-order valence-electron chi connectivity index (χ0n) is 10.9. The summed E-state index contributed by atoms with van der Waals surface area (Å²) >= 11 is 4.97. The number of hydrogen-bond donors (Lipinski definition) is 2. The zero-order valence-corrected chi connectivity index (χ0v) is 11.7. The van der Waals surface area contributed by atoms with Gasteiger partial charge in [0.25, 0.3) is 0 Å². The van der Waals surface area contributed by atoms with Gasteiger partial charge < -0.3 is 16.0 Å². The third-order valence-corrected chi connectivity index (χ3v) is 3.70. The molecule has 1 amide bonds. The van der Waals surface area contributed by atoms with E-state index in [1.54, 1.807) is 13.2 Å². The van der Waals surface area contributed by atoms with Crippen molar-refractivity contribution in [1.82, 2.24) is 10.3 Å². The molecule has 1 aromatic heterocycles. The van der Waals surface area contributed by atoms with Crippen LogP contribution in [0.25, 0.3) is 0 Å². The van der Waals surface area contributed by atoms with Gasteiger partial charge in [-0.2, -0.15) is 0 Å². The van der Waals surface area contributed by atoms with Gasteiger partial charge in [-0.25, -0.2) is 4.98 Å². The normalized spacial score (nSPS) is 16.2. The fourth-order valence-corrected chi connectivity index (χ4v) is 2.45. The molecule has 102 valence electrons. The van der Waals surface area contributed by atoms with Crippen molar-refractivity contribution in [3.63, 3.8) is 0 Å². The van der Waals surface area contributed by atoms with Crippen molar-refractivity contribution in [2.24, 2.45) is 11.7 Å². The van der Waals surface area contributed by atoms with E-state index in [9.17, 15) is 4.79 Å². The van der Waals surface area contributed by atoms with Crippen LogP contribution in [0.15, 0.2) is 18.3 Å². The Morgan fingerprint density at radius 2 is 2.21 bits per heavy atom. The first kappa shape index (κ1) is 13.7. The van der Waals surface area contributed by atoms with Crippen LogP contribution in [0.1, 0.15) is 18.4 Å². The van der Waals surface area contributed by atoms with Crippen LogP contribution in [0.4, 0.5) is 5.82 Å². The average molecular weight is 278 g/mol. The summed E-state index contributed by atoms with van der Waals surface area (Å²) in [7, 11) is 1.68. The summed E-state index contributed by atoms with van der Waals surface area (Å²) in [5.41, 5.74) is 6.45. The summed E-state index contributed by atoms with van der Waals surface area (Å²) in [6.07, 6.45) is 3.41. The second kappa shape index (κ2) is 5.97. The Kier molecular flexibility index (Phi) is 4.31. The summed E-state index contributed by atoms with van der Waals surface area (Å²) in [5, 5.41) is 2.71. The van der Waals surface area contributed by atoms with Crippen LogP contribution in [0.2, 0.25) is 0 Å². The molecule has 1 fully saturated rings. The Hall–Kier alpha value is -1.69. The third kappa shape index (κ3) is 3.20. The van der Waals surface area contributed by atoms with E-state index in [1.807, 2.05) is 12.1 Å². The number of nitrogens with zero attached hydrogens (tertiary/aromatic N) is 2. The van der Waals surface area contributed by atoms with Gasteiger partial charge in [0.05, 0.1) is 0 Å². The first-order chi connectivity index (χ1) is 9.11. The first-order valence-electron chi connectivity index (χ1n) is 6.34. The van der Waals surface area contributed by atoms with Gasteiger partial charge in [0, 0.05) is 37.8 Å². The summed E-state index contributed by atoms with van der Waals surface area (Å²) in [6, 6.07) is 3.71. The fraction of sp³-hybridized carbons (Fsp3) is 0.462. The lowest BCUT2D eigenvalue weighted by Crippen LogP contribution is -2.40. The van der Waals surface area contributed by atoms with Crippen molar-refractivity contribution in [3.05, 3.63) is 23.9 Å². The smallest absolute Gasteiger partial charge is 0.222 e. The van der Waals surface area contributed by atoms with Gasteiger partial charge in [0.2, 0.25) is 5.91 Å². The number of nitrogens with one attached hydrogen (secondary N) is 1. The molecule has 0 unspecified atom stereocenters. The molecule has 1 aliphatic rings. The number of nitrogens with two attached hydrogens (primary N) is 1. The maximum atomic E-state index is 11.6. The van der Waals surface area contributed by atoms with Gasteiger partial charge >= 0.3 is 0 Å². The number of aromatic nitrogens is 1. The maximum absolute atomic E-state index is 11.6. The number of rotatable bonds is 3. The molecule has 2 rings (SSSR count). The molecule has 1 aromatic rings. The highest BCUT2D eigenvalue weighted by molar-refractivity contribution is 7.80. The zero-order chi connectivity index (χ0) is 13.8. The number of carbonyl (C=O) groups is 1. The first-order valence-corrected chi connectivity index (χ1v) is 6.75. The fourth-order valence-electron chi connectivity index (χ4n) is 2.32. The molecule has 19 heavy (non-hydrogen) atoms. The minimum absolute atomic E-state index is 0.111. The minimum atomic E-state index is 0.111. The van der Waals surface area contributed by atoms with Gasteiger partial charge in [-0.05, 0) is 25.0 Å². The molecule has 6 heteroatoms. The molecule has 5 nitrogen and oxygen atoms in total. The largest absolute Gasteiger partial charge is 0.389 e. The van der Waals surface area contributed by atoms with Crippen LogP contribution < -0.4 is 16.0 Å². The average Bonchev–Trinajstić information content (AvgIpc) is 2.46. The monoisotopic (exact) mass is 278 g/mol. The van der Waals surface area contributed by atoms with Crippen molar-refractivity contribution < 1.29 is 4.79 Å². The van der Waals surface area contributed by atoms with E-state index in [1.165, 1.54) is 0 Å². The van der Waals surface area contributed by atoms with E-state index < -0.39 is 0 Å². The van der Waals surface area contributed by atoms with Crippen LogP contribution in [0.5, 0.6) is 0 Å². The van der Waals surface area contributed by atoms with Crippen LogP contribution in [0.3, 0.4) is 0 Å². The van der Waals surface area contributed by atoms with Crippen molar-refractivity contribution in [1.29, 1.82) is 0 Å². The molecule has 1 aliphatic heterocycles. The van der Waals surface area contributed by atoms with Gasteiger partial charge in [-0.1, -0.05) is 12.2 Å². The highest BCUT2D eigenvalue weighted by atomic mass is 32.1. The van der Waals surface area contributed by atoms with Crippen molar-refractivity contribution in [3.8, 4) is 0 Å². The third-order valence-electron chi connectivity index (χ3n) is 3.47. The second-order valence-electron chi connectivity index (χ2n) is 4.64. The van der Waals surface area contributed by atoms with Crippen molar-refractivity contribution in [2.75, 3.05) is 25.0 Å². The summed E-state index contributed by atoms with van der Waals surface area (Å²) in [4.78, 5) is 18.5. The molecule has 0 aromatic carbocycles. The van der Waals surface area contributed by atoms with E-state index in [0.717, 1.165) is 37.3 Å². The van der Waals surface area contributed by atoms with E-state index in [0.29, 0.717) is 4.99 Å². The minimum Gasteiger partial charge on any atom is -0.389 e. The molecule has 0 bridgehead atoms. The molecular weight excluding hydrogens is 260 g/mol. The van der Waals surface area contributed by atoms with Crippen LogP contribution in [0, 0.1) is 5.92 Å². The number of hydrogen-bond acceptors (Lipinski definition) is 4. The van der Waals surface area contributed by atoms with Crippen LogP contribution in [-0.4, -0.2) is 36.0 Å². The Morgan fingerprint density at radius 3 is 2.79 bits per heavy atom. The number of piperidine rings is 1. The van der Waals surface area contributed by atoms with Crippen LogP contribution in [-0.2, 0) is 4.79 Å². The van der Waals surface area contributed by atoms with E-state index in [4.69, 9.17) is 18.0 Å². The van der Waals surface area contributed by atoms with E-state index >= 15 is 0 Å². The molecule has 0 atom stereocenters. The lowest BCUT2D eigenvalue weighted by atomic mass is 9.96. The predicted molar refractivity (Wildman–Crippen MR) is 79.1 cm³/mol. The van der Waals surface area contributed by atoms with E-state index in [2.05, 4.69) is 15.2 Å². The second-order valence-corrected chi connectivity index (χ2v) is 5.08. The number of carbonyl (C=O) groups excluding carboxylic acids is 1. The maximum Gasteiger partial charge on any atom is 0.222 e. The Morgan fingerprint density at radius 1 is 1.53 bits per heavy atom. The number of amides is 1. The van der Waals surface area contributed by atoms with Gasteiger partial charge in [-0.3, -0.25) is 4.79 Å². The van der Waals surface area contributed by atoms with E-state index in [-0.39, 0.29) is 11.8 Å². The molecule has 2 heterocycles. The Labute approximate surface area is 118 Å². The van der Waals surface area contributed by atoms with Crippen molar-refractivity contribution >= 4 is 28.9 Å². The lowest BCUT2D eigenvalue weighted by Gasteiger charge is -2.32. The van der Waals surface area contributed by atoms with Gasteiger partial charge in [0.1, 0.15) is 10.8 Å². The highest BCUT2D eigenvalue weighted by Crippen LogP contribution is 2.22. The quantitative estimate of drug-likeness (QED) is 0.796. The molecule has 0 radical (unpaired) electrons. The summed E-state index contributed by atoms with van der Waals surface area (Å²) < 4.78 is 0. The Bertz CT molecular complexity index is 483. The topological polar surface area (TPSA) is 71.2 Å². The molecule has 0 aliphatic carbocycles. The predicted octanol–water partition coefficient (Wildman–Crippen LogP) is 0.678. The molecule has 0 saturated carbocycles. The molecule has 0 spiro atoms. The molecular formula is C13H18N4OS.